The van der Waals surface area contributed by atoms with E-state index in [1.807, 2.05) is 4.72 Å². The van der Waals surface area contributed by atoms with Gasteiger partial charge in [0.1, 0.15) is 16.8 Å². The zero-order valence-corrected chi connectivity index (χ0v) is 12.5. The summed E-state index contributed by atoms with van der Waals surface area (Å²) in [5, 5.41) is 8.90. The molecule has 1 rings (SSSR count). The largest absolute Gasteiger partial charge is 0.480 e. The minimum atomic E-state index is -4.20. The van der Waals surface area contributed by atoms with E-state index < -0.39 is 32.7 Å². The van der Waals surface area contributed by atoms with Crippen molar-refractivity contribution in [2.24, 2.45) is 0 Å². The smallest absolute Gasteiger partial charge is 0.321 e. The van der Waals surface area contributed by atoms with Crippen LogP contribution in [-0.2, 0) is 14.8 Å². The fourth-order valence-electron chi connectivity index (χ4n) is 1.47. The Bertz CT molecular complexity index is 576. The maximum absolute atomic E-state index is 13.6. The number of hydrogen-bond donors (Lipinski definition) is 2. The van der Waals surface area contributed by atoms with Crippen LogP contribution in [0, 0.1) is 5.82 Å². The average molecular weight is 354 g/mol. The summed E-state index contributed by atoms with van der Waals surface area (Å²) < 4.78 is 39.8. The standard InChI is InChI=1S/C11H13BrFNO4S/c1-2-3-9(11(15)16)14-19(17,18)10-5-4-7(12)6-8(10)13/h4-6,9,14H,2-3H2,1H3,(H,15,16). The molecule has 0 radical (unpaired) electrons. The normalized spacial score (nSPS) is 13.2. The van der Waals surface area contributed by atoms with Crippen molar-refractivity contribution in [1.29, 1.82) is 0 Å². The minimum absolute atomic E-state index is 0.132. The van der Waals surface area contributed by atoms with Gasteiger partial charge >= 0.3 is 5.97 Å². The van der Waals surface area contributed by atoms with Crippen LogP contribution in [0.5, 0.6) is 0 Å². The lowest BCUT2D eigenvalue weighted by atomic mass is 10.2. The molecule has 8 heteroatoms. The Kier molecular flexibility index (Phi) is 5.45. The predicted octanol–water partition coefficient (Wildman–Crippen LogP) is 2.12. The summed E-state index contributed by atoms with van der Waals surface area (Å²) in [6.45, 7) is 1.73. The SMILES string of the molecule is CCCC(NS(=O)(=O)c1ccc(Br)cc1F)C(=O)O. The number of benzene rings is 1. The molecule has 5 nitrogen and oxygen atoms in total. The zero-order valence-electron chi connectivity index (χ0n) is 10.1. The first-order valence-corrected chi connectivity index (χ1v) is 7.75. The van der Waals surface area contributed by atoms with E-state index in [4.69, 9.17) is 5.11 Å². The second kappa shape index (κ2) is 6.44. The van der Waals surface area contributed by atoms with Gasteiger partial charge in [-0.05, 0) is 24.6 Å². The van der Waals surface area contributed by atoms with Crippen LogP contribution >= 0.6 is 15.9 Å². The number of carboxylic acid groups (broad SMARTS) is 1. The molecule has 0 amide bonds. The molecule has 1 aromatic carbocycles. The highest BCUT2D eigenvalue weighted by Crippen LogP contribution is 2.19. The molecule has 106 valence electrons. The molecule has 0 bridgehead atoms. The number of aliphatic carboxylic acids is 1. The van der Waals surface area contributed by atoms with Gasteiger partial charge in [-0.15, -0.1) is 0 Å². The summed E-state index contributed by atoms with van der Waals surface area (Å²) in [7, 11) is -4.20. The van der Waals surface area contributed by atoms with Crippen LogP contribution in [0.25, 0.3) is 0 Å². The van der Waals surface area contributed by atoms with E-state index in [-0.39, 0.29) is 6.42 Å². The molecular weight excluding hydrogens is 341 g/mol. The average Bonchev–Trinajstić information content (AvgIpc) is 2.27. The zero-order chi connectivity index (χ0) is 14.6. The maximum Gasteiger partial charge on any atom is 0.321 e. The molecule has 0 heterocycles. The van der Waals surface area contributed by atoms with E-state index in [0.717, 1.165) is 12.1 Å². The van der Waals surface area contributed by atoms with Crippen LogP contribution < -0.4 is 4.72 Å². The molecule has 0 aliphatic carbocycles. The molecule has 1 unspecified atom stereocenters. The first-order chi connectivity index (χ1) is 8.77. The Labute approximate surface area is 119 Å². The highest BCUT2D eigenvalue weighted by atomic mass is 79.9. The molecule has 1 atom stereocenters. The Morgan fingerprint density at radius 3 is 2.63 bits per heavy atom. The first kappa shape index (κ1) is 16.1. The first-order valence-electron chi connectivity index (χ1n) is 5.48. The van der Waals surface area contributed by atoms with Crippen LogP contribution in [0.1, 0.15) is 19.8 Å². The molecule has 0 aromatic heterocycles. The van der Waals surface area contributed by atoms with E-state index in [2.05, 4.69) is 15.9 Å². The summed E-state index contributed by atoms with van der Waals surface area (Å²) in [6, 6.07) is 2.18. The quantitative estimate of drug-likeness (QED) is 0.820. The minimum Gasteiger partial charge on any atom is -0.480 e. The van der Waals surface area contributed by atoms with Crippen molar-refractivity contribution in [1.82, 2.24) is 4.72 Å². The second-order valence-corrected chi connectivity index (χ2v) is 6.47. The predicted molar refractivity (Wildman–Crippen MR) is 70.8 cm³/mol. The van der Waals surface area contributed by atoms with Crippen molar-refractivity contribution in [3.63, 3.8) is 0 Å². The second-order valence-electron chi connectivity index (χ2n) is 3.88. The summed E-state index contributed by atoms with van der Waals surface area (Å²) >= 11 is 3.01. The van der Waals surface area contributed by atoms with Crippen LogP contribution in [0.4, 0.5) is 4.39 Å². The Morgan fingerprint density at radius 2 is 2.16 bits per heavy atom. The number of nitrogens with one attached hydrogen (secondary N) is 1. The molecule has 0 saturated heterocycles. The third-order valence-corrected chi connectivity index (χ3v) is 4.35. The molecule has 2 N–H and O–H groups in total. The van der Waals surface area contributed by atoms with E-state index >= 15 is 0 Å². The number of carboxylic acids is 1. The van der Waals surface area contributed by atoms with E-state index in [1.54, 1.807) is 6.92 Å². The third kappa shape index (κ3) is 4.26. The van der Waals surface area contributed by atoms with Gasteiger partial charge in [0, 0.05) is 4.47 Å². The van der Waals surface area contributed by atoms with Gasteiger partial charge in [0.25, 0.3) is 0 Å². The molecule has 0 saturated carbocycles. The molecule has 0 spiro atoms. The number of hydrogen-bond acceptors (Lipinski definition) is 3. The summed E-state index contributed by atoms with van der Waals surface area (Å²) in [6.07, 6.45) is 0.620. The lowest BCUT2D eigenvalue weighted by Crippen LogP contribution is -2.40. The van der Waals surface area contributed by atoms with Crippen molar-refractivity contribution in [3.05, 3.63) is 28.5 Å². The van der Waals surface area contributed by atoms with Gasteiger partial charge in [0.2, 0.25) is 10.0 Å². The highest BCUT2D eigenvalue weighted by molar-refractivity contribution is 9.10. The van der Waals surface area contributed by atoms with Gasteiger partial charge in [0.05, 0.1) is 0 Å². The Hall–Kier alpha value is -0.990. The van der Waals surface area contributed by atoms with Gasteiger partial charge in [-0.1, -0.05) is 29.3 Å². The topological polar surface area (TPSA) is 83.5 Å². The number of rotatable bonds is 6. The monoisotopic (exact) mass is 353 g/mol. The molecule has 0 aliphatic rings. The molecule has 1 aromatic rings. The molecule has 0 aliphatic heterocycles. The lowest BCUT2D eigenvalue weighted by Gasteiger charge is -2.14. The van der Waals surface area contributed by atoms with Crippen molar-refractivity contribution < 1.29 is 22.7 Å². The van der Waals surface area contributed by atoms with Gasteiger partial charge in [-0.3, -0.25) is 4.79 Å². The van der Waals surface area contributed by atoms with Crippen molar-refractivity contribution in [2.75, 3.05) is 0 Å². The number of carbonyl (C=O) groups is 1. The fraction of sp³-hybridized carbons (Fsp3) is 0.364. The Balaban J connectivity index is 3.06. The summed E-state index contributed by atoms with van der Waals surface area (Å²) in [4.78, 5) is 10.3. The maximum atomic E-state index is 13.6. The van der Waals surface area contributed by atoms with Gasteiger partial charge in [-0.25, -0.2) is 12.8 Å². The summed E-state index contributed by atoms with van der Waals surface area (Å²) in [5.41, 5.74) is 0. The van der Waals surface area contributed by atoms with Crippen molar-refractivity contribution in [3.8, 4) is 0 Å². The van der Waals surface area contributed by atoms with E-state index in [9.17, 15) is 17.6 Å². The van der Waals surface area contributed by atoms with E-state index in [1.165, 1.54) is 6.07 Å². The summed E-state index contributed by atoms with van der Waals surface area (Å²) in [5.74, 6) is -2.23. The van der Waals surface area contributed by atoms with Crippen LogP contribution in [0.15, 0.2) is 27.6 Å². The molecule has 19 heavy (non-hydrogen) atoms. The van der Waals surface area contributed by atoms with Gasteiger partial charge in [0.15, 0.2) is 0 Å². The van der Waals surface area contributed by atoms with Gasteiger partial charge < -0.3 is 5.11 Å². The molecule has 0 fully saturated rings. The van der Waals surface area contributed by atoms with Crippen molar-refractivity contribution >= 4 is 31.9 Å². The number of sulfonamides is 1. The molecular formula is C11H13BrFNO4S. The lowest BCUT2D eigenvalue weighted by molar-refractivity contribution is -0.139. The fourth-order valence-corrected chi connectivity index (χ4v) is 3.08. The highest BCUT2D eigenvalue weighted by Gasteiger charge is 2.26. The van der Waals surface area contributed by atoms with E-state index in [0.29, 0.717) is 10.9 Å². The van der Waals surface area contributed by atoms with Crippen LogP contribution in [0.2, 0.25) is 0 Å². The van der Waals surface area contributed by atoms with Crippen LogP contribution in [-0.4, -0.2) is 25.5 Å². The van der Waals surface area contributed by atoms with Crippen molar-refractivity contribution in [2.45, 2.75) is 30.7 Å². The Morgan fingerprint density at radius 1 is 1.53 bits per heavy atom. The third-order valence-electron chi connectivity index (χ3n) is 2.36. The van der Waals surface area contributed by atoms with Crippen LogP contribution in [0.3, 0.4) is 0 Å². The number of halogens is 2. The van der Waals surface area contributed by atoms with Gasteiger partial charge in [-0.2, -0.15) is 4.72 Å².